The van der Waals surface area contributed by atoms with E-state index in [1.54, 1.807) is 0 Å². The van der Waals surface area contributed by atoms with E-state index in [1.807, 2.05) is 0 Å². The third-order valence-electron chi connectivity index (χ3n) is 2.81. The van der Waals surface area contributed by atoms with E-state index in [4.69, 9.17) is 29.3 Å². The van der Waals surface area contributed by atoms with Gasteiger partial charge in [-0.05, 0) is 29.6 Å². The Labute approximate surface area is 110 Å². The third kappa shape index (κ3) is 5.65. The predicted molar refractivity (Wildman–Crippen MR) is 61.8 cm³/mol. The molecule has 1 rings (SSSR count). The second-order valence-electron chi connectivity index (χ2n) is 3.18. The molecular formula is C10H15Cl2NOW. The fourth-order valence-corrected chi connectivity index (χ4v) is 1.41. The van der Waals surface area contributed by atoms with Crippen LogP contribution in [0, 0.1) is 34.5 Å². The van der Waals surface area contributed by atoms with E-state index in [0.29, 0.717) is 0 Å². The van der Waals surface area contributed by atoms with Crippen LogP contribution in [0.3, 0.4) is 0 Å². The molecule has 0 heterocycles. The van der Waals surface area contributed by atoms with Crippen molar-refractivity contribution in [3.05, 3.63) is 34.5 Å². The van der Waals surface area contributed by atoms with Crippen LogP contribution in [0.15, 0.2) is 0 Å². The molecule has 0 aliphatic heterocycles. The normalized spacial score (nSPS) is 20.5. The Morgan fingerprint density at radius 2 is 0.800 bits per heavy atom. The molecule has 0 atom stereocenters. The zero-order valence-corrected chi connectivity index (χ0v) is 14.0. The van der Waals surface area contributed by atoms with Gasteiger partial charge < -0.3 is 0 Å². The maximum atomic E-state index is 7.25. The number of nitrogens with zero attached hydrogens (tertiary/aromatic N) is 1. The first-order chi connectivity index (χ1) is 6.97. The van der Waals surface area contributed by atoms with Crippen molar-refractivity contribution in [3.63, 3.8) is 0 Å². The van der Waals surface area contributed by atoms with E-state index in [1.165, 1.54) is 29.6 Å². The van der Waals surface area contributed by atoms with Gasteiger partial charge in [0, 0.05) is 0 Å². The quantitative estimate of drug-likeness (QED) is 0.586. The van der Waals surface area contributed by atoms with Crippen LogP contribution in [0.1, 0.15) is 34.6 Å². The minimum Gasteiger partial charge on any atom is -0.120 e. The molecule has 5 heteroatoms. The smallest absolute Gasteiger partial charge is 0.120 e. The average molecular weight is 420 g/mol. The molecule has 6 radical (unpaired) electrons. The van der Waals surface area contributed by atoms with Gasteiger partial charge in [0.1, 0.15) is 5.59 Å². The summed E-state index contributed by atoms with van der Waals surface area (Å²) in [6.07, 6.45) is 0. The number of rotatable bonds is 0. The van der Waals surface area contributed by atoms with Crippen molar-refractivity contribution in [2.24, 2.45) is 0 Å². The molecule has 2 nitrogen and oxygen atoms in total. The molecule has 0 bridgehead atoms. The molecule has 86 valence electrons. The summed E-state index contributed by atoms with van der Waals surface area (Å²) in [6.45, 7) is 11.0. The van der Waals surface area contributed by atoms with Gasteiger partial charge in [0.25, 0.3) is 0 Å². The van der Waals surface area contributed by atoms with Gasteiger partial charge in [0.15, 0.2) is 0 Å². The Kier molecular flexibility index (Phi) is 12.2. The van der Waals surface area contributed by atoms with Crippen LogP contribution in [0.25, 0.3) is 0 Å². The molecule has 0 N–H and O–H groups in total. The fraction of sp³-hybridized carbons (Fsp3) is 0.500. The molecule has 1 aliphatic rings. The molecule has 1 fully saturated rings. The Morgan fingerprint density at radius 1 is 0.733 bits per heavy atom. The van der Waals surface area contributed by atoms with Crippen molar-refractivity contribution < 1.29 is 16.5 Å². The predicted octanol–water partition coefficient (Wildman–Crippen LogP) is 3.90. The fourth-order valence-electron chi connectivity index (χ4n) is 1.41. The SMILES string of the molecule is C[C]1[C](C)[C](C)[C](C)[C]1C.[Cl][W][Cl].[N]=O. The van der Waals surface area contributed by atoms with Gasteiger partial charge in [-0.1, -0.05) is 34.6 Å². The Balaban J connectivity index is 0. The Hall–Kier alpha value is 0.868. The zero-order valence-electron chi connectivity index (χ0n) is 9.52. The van der Waals surface area contributed by atoms with E-state index < -0.39 is 16.5 Å². The summed E-state index contributed by atoms with van der Waals surface area (Å²) >= 11 is -0.806. The van der Waals surface area contributed by atoms with Gasteiger partial charge in [0.2, 0.25) is 0 Å². The first-order valence-electron chi connectivity index (χ1n) is 4.24. The molecule has 0 saturated heterocycles. The standard InChI is InChI=1S/C10H15.2ClH.NO.W/c1-6-7(2)9(4)10(5)8(6)3;;;1-2;/h1-5H3;2*1H;;/q;;;;+2/p-2. The molecule has 1 saturated carbocycles. The van der Waals surface area contributed by atoms with Crippen LogP contribution in [0.2, 0.25) is 0 Å². The van der Waals surface area contributed by atoms with Gasteiger partial charge in [-0.2, -0.15) is 0 Å². The number of hydrogen-bond acceptors (Lipinski definition) is 1. The largest absolute Gasteiger partial charge is 0.120 e. The van der Waals surface area contributed by atoms with E-state index >= 15 is 0 Å². The maximum absolute atomic E-state index is 7.25. The number of halogens is 2. The van der Waals surface area contributed by atoms with E-state index in [-0.39, 0.29) is 0 Å². The van der Waals surface area contributed by atoms with Gasteiger partial charge in [-0.25, -0.2) is 0 Å². The second-order valence-corrected chi connectivity index (χ2v) is 7.42. The van der Waals surface area contributed by atoms with Crippen LogP contribution in [0.4, 0.5) is 0 Å². The van der Waals surface area contributed by atoms with Gasteiger partial charge in [0.05, 0.1) is 0 Å². The summed E-state index contributed by atoms with van der Waals surface area (Å²) in [5.74, 6) is 7.34. The second kappa shape index (κ2) is 10.0. The zero-order chi connectivity index (χ0) is 12.6. The molecule has 0 unspecified atom stereocenters. The summed E-state index contributed by atoms with van der Waals surface area (Å²) in [5.41, 5.74) is 5.75. The summed E-state index contributed by atoms with van der Waals surface area (Å²) in [6, 6.07) is 0. The number of hydrogen-bond donors (Lipinski definition) is 0. The molecular weight excluding hydrogens is 405 g/mol. The van der Waals surface area contributed by atoms with Gasteiger partial charge in [-0.15, -0.1) is 4.91 Å². The van der Waals surface area contributed by atoms with Crippen LogP contribution >= 0.6 is 18.8 Å². The average Bonchev–Trinajstić information content (AvgIpc) is 2.41. The molecule has 1 aliphatic carbocycles. The van der Waals surface area contributed by atoms with E-state index in [9.17, 15) is 0 Å². The van der Waals surface area contributed by atoms with Crippen molar-refractivity contribution >= 4 is 18.8 Å². The third-order valence-corrected chi connectivity index (χ3v) is 2.81. The monoisotopic (exact) mass is 419 g/mol. The van der Waals surface area contributed by atoms with Crippen molar-refractivity contribution in [1.82, 2.24) is 5.59 Å². The van der Waals surface area contributed by atoms with Gasteiger partial charge >= 0.3 is 35.3 Å². The molecule has 0 aromatic carbocycles. The molecule has 15 heavy (non-hydrogen) atoms. The summed E-state index contributed by atoms with van der Waals surface area (Å²) in [7, 11) is 9.86. The Morgan fingerprint density at radius 3 is 0.867 bits per heavy atom. The summed E-state index contributed by atoms with van der Waals surface area (Å²) in [4.78, 5) is 7.25. The van der Waals surface area contributed by atoms with Crippen molar-refractivity contribution in [1.29, 1.82) is 0 Å². The van der Waals surface area contributed by atoms with Crippen molar-refractivity contribution in [3.8, 4) is 0 Å². The van der Waals surface area contributed by atoms with Crippen LogP contribution in [-0.2, 0) is 16.5 Å². The van der Waals surface area contributed by atoms with Crippen molar-refractivity contribution in [2.45, 2.75) is 34.6 Å². The molecule has 0 aromatic rings. The molecule has 0 aromatic heterocycles. The van der Waals surface area contributed by atoms with Crippen LogP contribution in [-0.4, -0.2) is 0 Å². The number of nitroso groups, excluding NO2 is 1. The maximum Gasteiger partial charge on any atom is 0.120 e. The minimum atomic E-state index is -0.806. The first-order valence-corrected chi connectivity index (χ1v) is 11.5. The Bertz CT molecular complexity index is 118. The minimum absolute atomic E-state index is 0.806. The molecule has 0 amide bonds. The van der Waals surface area contributed by atoms with Crippen LogP contribution < -0.4 is 5.59 Å². The van der Waals surface area contributed by atoms with Crippen molar-refractivity contribution in [2.75, 3.05) is 0 Å². The van der Waals surface area contributed by atoms with E-state index in [0.717, 1.165) is 0 Å². The summed E-state index contributed by atoms with van der Waals surface area (Å²) < 4.78 is 0. The topological polar surface area (TPSA) is 39.4 Å². The van der Waals surface area contributed by atoms with Crippen LogP contribution in [0.5, 0.6) is 0 Å². The summed E-state index contributed by atoms with van der Waals surface area (Å²) in [5, 5.41) is 0. The van der Waals surface area contributed by atoms with E-state index in [2.05, 4.69) is 34.6 Å². The van der Waals surface area contributed by atoms with Gasteiger partial charge in [-0.3, -0.25) is 0 Å². The molecule has 0 spiro atoms. The first kappa shape index (κ1) is 18.2.